The van der Waals surface area contributed by atoms with Gasteiger partial charge in [-0.3, -0.25) is 9.59 Å². The van der Waals surface area contributed by atoms with Gasteiger partial charge in [-0.2, -0.15) is 0 Å². The minimum absolute atomic E-state index is 0.0533. The van der Waals surface area contributed by atoms with E-state index in [1.165, 1.54) is 0 Å². The van der Waals surface area contributed by atoms with Crippen LogP contribution in [0.4, 0.5) is 5.69 Å². The molecular formula is C30H28N2O3. The molecule has 1 aliphatic heterocycles. The fourth-order valence-corrected chi connectivity index (χ4v) is 5.38. The van der Waals surface area contributed by atoms with Crippen molar-refractivity contribution in [2.45, 2.75) is 38.6 Å². The molecule has 1 N–H and O–H groups in total. The molecule has 5 nitrogen and oxygen atoms in total. The van der Waals surface area contributed by atoms with Gasteiger partial charge in [0.1, 0.15) is 11.5 Å². The highest BCUT2D eigenvalue weighted by Gasteiger charge is 2.26. The van der Waals surface area contributed by atoms with Crippen LogP contribution in [0.15, 0.2) is 77.2 Å². The number of carbonyl (C=O) groups is 2. The highest BCUT2D eigenvalue weighted by molar-refractivity contribution is 6.07. The van der Waals surface area contributed by atoms with Gasteiger partial charge in [0.05, 0.1) is 0 Å². The first-order valence-electron chi connectivity index (χ1n) is 12.5. The molecule has 6 rings (SSSR count). The standard InChI is InChI=1S/C30H28N2O3/c33-29(22-7-1-2-8-22)31-24-14-12-21(13-15-24)28-18-23-19-32(17-16-27(23)35-28)30(34)26-11-5-9-20-6-3-4-10-25(20)26/h3-6,9-15,18,22H,1-2,7-8,16-17,19H2,(H,31,33). The van der Waals surface area contributed by atoms with Crippen LogP contribution in [0.2, 0.25) is 0 Å². The van der Waals surface area contributed by atoms with Gasteiger partial charge in [0, 0.05) is 47.8 Å². The second kappa shape index (κ2) is 9.06. The lowest BCUT2D eigenvalue weighted by Gasteiger charge is -2.26. The summed E-state index contributed by atoms with van der Waals surface area (Å²) in [5, 5.41) is 5.10. The molecule has 176 valence electrons. The number of benzene rings is 3. The molecule has 35 heavy (non-hydrogen) atoms. The molecule has 1 fully saturated rings. The van der Waals surface area contributed by atoms with Crippen molar-refractivity contribution >= 4 is 28.3 Å². The quantitative estimate of drug-likeness (QED) is 0.379. The number of nitrogens with zero attached hydrogens (tertiary/aromatic N) is 1. The van der Waals surface area contributed by atoms with Crippen LogP contribution in [-0.4, -0.2) is 23.3 Å². The van der Waals surface area contributed by atoms with Crippen LogP contribution >= 0.6 is 0 Å². The van der Waals surface area contributed by atoms with E-state index < -0.39 is 0 Å². The summed E-state index contributed by atoms with van der Waals surface area (Å²) in [5.41, 5.74) is 3.57. The zero-order chi connectivity index (χ0) is 23.8. The Kier molecular flexibility index (Phi) is 5.61. The third-order valence-corrected chi connectivity index (χ3v) is 7.34. The number of nitrogens with one attached hydrogen (secondary N) is 1. The molecule has 2 aliphatic rings. The summed E-state index contributed by atoms with van der Waals surface area (Å²) in [6.45, 7) is 1.17. The molecule has 0 atom stereocenters. The van der Waals surface area contributed by atoms with Crippen LogP contribution in [0, 0.1) is 5.92 Å². The first kappa shape index (κ1) is 21.7. The van der Waals surface area contributed by atoms with Crippen LogP contribution in [0.3, 0.4) is 0 Å². The van der Waals surface area contributed by atoms with Crippen molar-refractivity contribution in [3.8, 4) is 11.3 Å². The number of carbonyl (C=O) groups excluding carboxylic acids is 2. The lowest BCUT2D eigenvalue weighted by atomic mass is 10.0. The van der Waals surface area contributed by atoms with Gasteiger partial charge >= 0.3 is 0 Å². The molecule has 1 aromatic heterocycles. The van der Waals surface area contributed by atoms with Gasteiger partial charge in [0.25, 0.3) is 5.91 Å². The summed E-state index contributed by atoms with van der Waals surface area (Å²) in [7, 11) is 0. The van der Waals surface area contributed by atoms with Crippen molar-refractivity contribution < 1.29 is 14.0 Å². The number of hydrogen-bond donors (Lipinski definition) is 1. The summed E-state index contributed by atoms with van der Waals surface area (Å²) in [4.78, 5) is 27.7. The summed E-state index contributed by atoms with van der Waals surface area (Å²) in [6.07, 6.45) is 4.96. The maximum atomic E-state index is 13.4. The summed E-state index contributed by atoms with van der Waals surface area (Å²) < 4.78 is 6.17. The SMILES string of the molecule is O=C(Nc1ccc(-c2cc3c(o2)CCN(C(=O)c2cccc4ccccc24)C3)cc1)C1CCCC1. The monoisotopic (exact) mass is 464 g/mol. The van der Waals surface area contributed by atoms with Crippen LogP contribution in [0.25, 0.3) is 22.1 Å². The Morgan fingerprint density at radius 2 is 1.69 bits per heavy atom. The van der Waals surface area contributed by atoms with E-state index in [-0.39, 0.29) is 17.7 Å². The Labute approximate surface area is 204 Å². The molecule has 5 heteroatoms. The van der Waals surface area contributed by atoms with Crippen molar-refractivity contribution in [1.29, 1.82) is 0 Å². The van der Waals surface area contributed by atoms with Gasteiger partial charge in [0.2, 0.25) is 5.91 Å². The van der Waals surface area contributed by atoms with Gasteiger partial charge in [-0.1, -0.05) is 49.2 Å². The average molecular weight is 465 g/mol. The largest absolute Gasteiger partial charge is 0.461 e. The Balaban J connectivity index is 1.17. The molecule has 3 aromatic carbocycles. The third-order valence-electron chi connectivity index (χ3n) is 7.34. The first-order chi connectivity index (χ1) is 17.2. The Bertz CT molecular complexity index is 1390. The number of rotatable bonds is 4. The second-order valence-electron chi connectivity index (χ2n) is 9.61. The maximum Gasteiger partial charge on any atom is 0.254 e. The fraction of sp³-hybridized carbons (Fsp3) is 0.267. The molecule has 0 bridgehead atoms. The fourth-order valence-electron chi connectivity index (χ4n) is 5.38. The zero-order valence-corrected chi connectivity index (χ0v) is 19.6. The normalized spacial score (nSPS) is 15.8. The lowest BCUT2D eigenvalue weighted by Crippen LogP contribution is -2.35. The molecule has 2 heterocycles. The predicted octanol–water partition coefficient (Wildman–Crippen LogP) is 6.43. The van der Waals surface area contributed by atoms with Gasteiger partial charge in [0.15, 0.2) is 0 Å². The molecule has 4 aromatic rings. The maximum absolute atomic E-state index is 13.4. The van der Waals surface area contributed by atoms with Crippen LogP contribution in [0.5, 0.6) is 0 Å². The summed E-state index contributed by atoms with van der Waals surface area (Å²) in [6, 6.07) is 23.8. The molecule has 1 aliphatic carbocycles. The van der Waals surface area contributed by atoms with Crippen molar-refractivity contribution in [3.63, 3.8) is 0 Å². The topological polar surface area (TPSA) is 62.6 Å². The predicted molar refractivity (Wildman–Crippen MR) is 137 cm³/mol. The molecule has 0 radical (unpaired) electrons. The van der Waals surface area contributed by atoms with E-state index in [2.05, 4.69) is 5.32 Å². The average Bonchev–Trinajstić information content (AvgIpc) is 3.58. The Hall–Kier alpha value is -3.86. The van der Waals surface area contributed by atoms with E-state index in [1.54, 1.807) is 0 Å². The van der Waals surface area contributed by atoms with E-state index in [1.807, 2.05) is 77.7 Å². The lowest BCUT2D eigenvalue weighted by molar-refractivity contribution is -0.119. The van der Waals surface area contributed by atoms with Crippen LogP contribution in [0.1, 0.15) is 47.4 Å². The van der Waals surface area contributed by atoms with E-state index >= 15 is 0 Å². The highest BCUT2D eigenvalue weighted by atomic mass is 16.3. The molecule has 0 unspecified atom stereocenters. The molecule has 0 saturated heterocycles. The number of furan rings is 1. The number of fused-ring (bicyclic) bond motifs is 2. The number of amides is 2. The van der Waals surface area contributed by atoms with Crippen molar-refractivity contribution in [2.24, 2.45) is 5.92 Å². The van der Waals surface area contributed by atoms with E-state index in [9.17, 15) is 9.59 Å². The third kappa shape index (κ3) is 4.23. The molecular weight excluding hydrogens is 436 g/mol. The van der Waals surface area contributed by atoms with Gasteiger partial charge in [-0.15, -0.1) is 0 Å². The second-order valence-corrected chi connectivity index (χ2v) is 9.61. The van der Waals surface area contributed by atoms with E-state index in [0.29, 0.717) is 19.5 Å². The zero-order valence-electron chi connectivity index (χ0n) is 19.6. The number of hydrogen-bond acceptors (Lipinski definition) is 3. The van der Waals surface area contributed by atoms with E-state index in [0.717, 1.165) is 70.4 Å². The van der Waals surface area contributed by atoms with Crippen molar-refractivity contribution in [3.05, 3.63) is 89.7 Å². The molecule has 1 saturated carbocycles. The van der Waals surface area contributed by atoms with Gasteiger partial charge in [-0.05, 0) is 60.0 Å². The molecule has 2 amide bonds. The van der Waals surface area contributed by atoms with Crippen molar-refractivity contribution in [1.82, 2.24) is 4.90 Å². The summed E-state index contributed by atoms with van der Waals surface area (Å²) >= 11 is 0. The van der Waals surface area contributed by atoms with Gasteiger partial charge in [-0.25, -0.2) is 0 Å². The Morgan fingerprint density at radius 1 is 0.914 bits per heavy atom. The minimum atomic E-state index is 0.0533. The summed E-state index contributed by atoms with van der Waals surface area (Å²) in [5.74, 6) is 2.06. The van der Waals surface area contributed by atoms with Gasteiger partial charge < -0.3 is 14.6 Å². The number of anilines is 1. The van der Waals surface area contributed by atoms with Crippen LogP contribution in [-0.2, 0) is 17.8 Å². The highest BCUT2D eigenvalue weighted by Crippen LogP contribution is 2.32. The molecule has 0 spiro atoms. The minimum Gasteiger partial charge on any atom is -0.461 e. The first-order valence-corrected chi connectivity index (χ1v) is 12.5. The van der Waals surface area contributed by atoms with Crippen molar-refractivity contribution in [2.75, 3.05) is 11.9 Å². The van der Waals surface area contributed by atoms with E-state index in [4.69, 9.17) is 4.42 Å². The smallest absolute Gasteiger partial charge is 0.254 e. The van der Waals surface area contributed by atoms with Crippen LogP contribution < -0.4 is 5.32 Å². The Morgan fingerprint density at radius 3 is 2.51 bits per heavy atom.